The van der Waals surface area contributed by atoms with Crippen LogP contribution in [-0.4, -0.2) is 45.1 Å². The molecule has 0 bridgehead atoms. The zero-order chi connectivity index (χ0) is 23.4. The molecule has 0 aliphatic heterocycles. The molecule has 0 unspecified atom stereocenters. The predicted molar refractivity (Wildman–Crippen MR) is 140 cm³/mol. The van der Waals surface area contributed by atoms with E-state index in [1.807, 2.05) is 0 Å². The summed E-state index contributed by atoms with van der Waals surface area (Å²) in [4.78, 5) is 0.0491. The van der Waals surface area contributed by atoms with E-state index in [9.17, 15) is 8.42 Å². The molecular weight excluding hydrogens is 824 g/mol. The second-order valence-electron chi connectivity index (χ2n) is 5.96. The van der Waals surface area contributed by atoms with Gasteiger partial charge in [-0.3, -0.25) is 0 Å². The Kier molecular flexibility index (Phi) is 10.4. The molecule has 2 aromatic rings. The Morgan fingerprint density at radius 3 is 1.35 bits per heavy atom. The van der Waals surface area contributed by atoms with Crippen molar-refractivity contribution < 1.29 is 28.1 Å². The highest BCUT2D eigenvalue weighted by atomic mass is 80.0. The van der Waals surface area contributed by atoms with E-state index in [2.05, 4.69) is 95.6 Å². The first-order chi connectivity index (χ1) is 14.3. The third kappa shape index (κ3) is 7.38. The number of hydrogen-bond acceptors (Lipinski definition) is 6. The van der Waals surface area contributed by atoms with Crippen LogP contribution in [0.25, 0.3) is 0 Å². The second kappa shape index (κ2) is 11.5. The topological polar surface area (TPSA) is 93.1 Å². The Morgan fingerprint density at radius 2 is 1.06 bits per heavy atom. The van der Waals surface area contributed by atoms with Crippen LogP contribution in [0.2, 0.25) is 0 Å². The van der Waals surface area contributed by atoms with Gasteiger partial charge in [0.1, 0.15) is 24.7 Å². The fourth-order valence-electron chi connectivity index (χ4n) is 2.55. The summed E-state index contributed by atoms with van der Waals surface area (Å²) in [5, 5.41) is 18.0. The van der Waals surface area contributed by atoms with E-state index in [0.29, 0.717) is 22.6 Å². The van der Waals surface area contributed by atoms with Crippen LogP contribution < -0.4 is 9.47 Å². The number of benzene rings is 2. The van der Waals surface area contributed by atoms with Crippen molar-refractivity contribution in [1.82, 2.24) is 0 Å². The van der Waals surface area contributed by atoms with Gasteiger partial charge in [0.05, 0.1) is 23.0 Å². The molecule has 2 N–H and O–H groups in total. The average Bonchev–Trinajstić information content (AvgIpc) is 2.68. The minimum atomic E-state index is -4.03. The van der Waals surface area contributed by atoms with Gasteiger partial charge in [0.2, 0.25) is 9.84 Å². The minimum absolute atomic E-state index is 0.0245. The molecule has 0 atom stereocenters. The van der Waals surface area contributed by atoms with Gasteiger partial charge in [0, 0.05) is 11.1 Å². The normalized spacial score (nSPS) is 12.6. The highest BCUT2D eigenvalue weighted by Crippen LogP contribution is 2.51. The summed E-state index contributed by atoms with van der Waals surface area (Å²) >= 11 is 20.4. The number of rotatable bonds is 8. The smallest absolute Gasteiger partial charge is 0.207 e. The van der Waals surface area contributed by atoms with Crippen molar-refractivity contribution in [2.75, 3.05) is 26.4 Å². The van der Waals surface area contributed by atoms with E-state index >= 15 is 0 Å². The van der Waals surface area contributed by atoms with Gasteiger partial charge in [0.25, 0.3) is 0 Å². The number of alkyl halides is 6. The van der Waals surface area contributed by atoms with E-state index in [1.54, 1.807) is 12.1 Å². The summed E-state index contributed by atoms with van der Waals surface area (Å²) in [6.45, 7) is -0.195. The quantitative estimate of drug-likeness (QED) is 0.325. The lowest BCUT2D eigenvalue weighted by Crippen LogP contribution is -2.15. The number of halogens is 6. The molecule has 2 rings (SSSR count). The van der Waals surface area contributed by atoms with Crippen LogP contribution in [-0.2, 0) is 14.1 Å². The minimum Gasteiger partial charge on any atom is -0.491 e. The Morgan fingerprint density at radius 1 is 0.710 bits per heavy atom. The monoisotopic (exact) mass is 834 g/mol. The molecule has 0 aliphatic rings. The fraction of sp³-hybridized carbons (Fsp3) is 0.333. The Balaban J connectivity index is 2.69. The fourth-order valence-corrected chi connectivity index (χ4v) is 7.04. The maximum Gasteiger partial charge on any atom is 0.207 e. The van der Waals surface area contributed by atoms with E-state index in [-0.39, 0.29) is 36.2 Å². The average molecular weight is 840 g/mol. The molecular formula is C18H16Br6O6S. The van der Waals surface area contributed by atoms with Gasteiger partial charge in [-0.25, -0.2) is 8.42 Å². The van der Waals surface area contributed by atoms with Crippen molar-refractivity contribution in [2.45, 2.75) is 14.1 Å². The van der Waals surface area contributed by atoms with Crippen LogP contribution >= 0.6 is 95.6 Å². The van der Waals surface area contributed by atoms with Gasteiger partial charge in [-0.05, 0) is 36.4 Å². The van der Waals surface area contributed by atoms with E-state index in [1.165, 1.54) is 24.3 Å². The van der Waals surface area contributed by atoms with Crippen LogP contribution in [0, 0.1) is 0 Å². The molecule has 0 radical (unpaired) electrons. The molecule has 0 fully saturated rings. The summed E-state index contributed by atoms with van der Waals surface area (Å²) < 4.78 is 36.2. The molecule has 0 heterocycles. The molecule has 0 spiro atoms. The highest BCUT2D eigenvalue weighted by Gasteiger charge is 2.36. The molecule has 0 amide bonds. The lowest BCUT2D eigenvalue weighted by Gasteiger charge is -2.22. The van der Waals surface area contributed by atoms with Gasteiger partial charge in [0.15, 0.2) is 4.29 Å². The van der Waals surface area contributed by atoms with Crippen LogP contribution in [0.3, 0.4) is 0 Å². The molecule has 172 valence electrons. The van der Waals surface area contributed by atoms with E-state index in [4.69, 9.17) is 19.7 Å². The zero-order valence-electron chi connectivity index (χ0n) is 15.5. The summed E-state index contributed by atoms with van der Waals surface area (Å²) in [6.07, 6.45) is 0. The first kappa shape index (κ1) is 28.0. The zero-order valence-corrected chi connectivity index (χ0v) is 25.8. The number of sulfone groups is 1. The van der Waals surface area contributed by atoms with Gasteiger partial charge in [-0.1, -0.05) is 95.6 Å². The van der Waals surface area contributed by atoms with Gasteiger partial charge >= 0.3 is 0 Å². The summed E-state index contributed by atoms with van der Waals surface area (Å²) in [5.74, 6) is 0.795. The first-order valence-corrected chi connectivity index (χ1v) is 14.7. The maximum absolute atomic E-state index is 13.7. The van der Waals surface area contributed by atoms with E-state index < -0.39 is 14.1 Å². The first-order valence-electron chi connectivity index (χ1n) is 8.47. The summed E-state index contributed by atoms with van der Waals surface area (Å²) in [7, 11) is -4.03. The molecule has 6 nitrogen and oxygen atoms in total. The van der Waals surface area contributed by atoms with Crippen LogP contribution in [0.15, 0.2) is 46.2 Å². The van der Waals surface area contributed by atoms with Crippen LogP contribution in [0.5, 0.6) is 11.5 Å². The van der Waals surface area contributed by atoms with Crippen molar-refractivity contribution in [3.05, 3.63) is 47.5 Å². The second-order valence-corrected chi connectivity index (χ2v) is 21.4. The molecule has 13 heteroatoms. The third-order valence-electron chi connectivity index (χ3n) is 3.81. The van der Waals surface area contributed by atoms with Crippen molar-refractivity contribution in [2.24, 2.45) is 0 Å². The highest BCUT2D eigenvalue weighted by molar-refractivity contribution is 9.39. The Labute approximate surface area is 230 Å². The summed E-state index contributed by atoms with van der Waals surface area (Å²) in [5.41, 5.74) is 0.692. The molecule has 0 aliphatic carbocycles. The molecule has 31 heavy (non-hydrogen) atoms. The SMILES string of the molecule is O=S(=O)(c1ccc(OCCO)cc1C(Br)(Br)Br)c1ccc(OCCO)cc1C(Br)(Br)Br. The number of aliphatic hydroxyl groups is 2. The Hall–Kier alpha value is 0.790. The molecule has 0 aromatic heterocycles. The van der Waals surface area contributed by atoms with Crippen molar-refractivity contribution in [1.29, 1.82) is 0 Å². The molecule has 0 saturated carbocycles. The van der Waals surface area contributed by atoms with Gasteiger partial charge in [-0.15, -0.1) is 0 Å². The largest absolute Gasteiger partial charge is 0.491 e. The summed E-state index contributed by atoms with van der Waals surface area (Å²) in [6, 6.07) is 9.04. The van der Waals surface area contributed by atoms with Crippen LogP contribution in [0.4, 0.5) is 0 Å². The van der Waals surface area contributed by atoms with Crippen molar-refractivity contribution in [3.8, 4) is 11.5 Å². The molecule has 0 saturated heterocycles. The molecule has 2 aromatic carbocycles. The maximum atomic E-state index is 13.7. The lowest BCUT2D eigenvalue weighted by molar-refractivity contribution is 0.201. The predicted octanol–water partition coefficient (Wildman–Crippen LogP) is 5.85. The van der Waals surface area contributed by atoms with Crippen molar-refractivity contribution >= 4 is 105 Å². The Bertz CT molecular complexity index is 942. The standard InChI is InChI=1S/C18H16Br6O6S/c19-17(20,21)13-9-11(29-7-5-25)1-3-15(13)31(27,28)16-4-2-12(30-8-6-26)10-14(16)18(22,23)24/h1-4,9-10,25-26H,5-8H2. The van der Waals surface area contributed by atoms with Gasteiger partial charge < -0.3 is 19.7 Å². The number of aliphatic hydroxyl groups excluding tert-OH is 2. The number of hydrogen-bond donors (Lipinski definition) is 2. The van der Waals surface area contributed by atoms with Crippen molar-refractivity contribution in [3.63, 3.8) is 0 Å². The van der Waals surface area contributed by atoms with E-state index in [0.717, 1.165) is 0 Å². The number of ether oxygens (including phenoxy) is 2. The third-order valence-corrected chi connectivity index (χ3v) is 8.24. The lowest BCUT2D eigenvalue weighted by atomic mass is 10.2. The van der Waals surface area contributed by atoms with Gasteiger partial charge in [-0.2, -0.15) is 0 Å². The van der Waals surface area contributed by atoms with Crippen LogP contribution in [0.1, 0.15) is 11.1 Å².